The van der Waals surface area contributed by atoms with E-state index in [-0.39, 0.29) is 11.8 Å². The number of aliphatic carboxylic acids is 1. The number of aliphatic hydroxyl groups is 1. The molecule has 1 aromatic carbocycles. The Bertz CT molecular complexity index is 360. The predicted molar refractivity (Wildman–Crippen MR) is 62.2 cm³/mol. The lowest BCUT2D eigenvalue weighted by Crippen LogP contribution is -2.17. The first-order chi connectivity index (χ1) is 7.30. The van der Waals surface area contributed by atoms with Crippen molar-refractivity contribution in [2.24, 2.45) is 5.41 Å². The van der Waals surface area contributed by atoms with E-state index >= 15 is 0 Å². The monoisotopic (exact) mass is 222 g/mol. The van der Waals surface area contributed by atoms with E-state index in [0.717, 1.165) is 11.1 Å². The molecule has 0 spiro atoms. The van der Waals surface area contributed by atoms with Crippen LogP contribution in [0.25, 0.3) is 0 Å². The first-order valence-electron chi connectivity index (χ1n) is 5.29. The number of hydrogen-bond donors (Lipinski definition) is 2. The topological polar surface area (TPSA) is 57.5 Å². The molecule has 0 bridgehead atoms. The van der Waals surface area contributed by atoms with Crippen molar-refractivity contribution < 1.29 is 15.0 Å². The summed E-state index contributed by atoms with van der Waals surface area (Å²) in [4.78, 5) is 10.5. The lowest BCUT2D eigenvalue weighted by molar-refractivity contribution is -0.136. The van der Waals surface area contributed by atoms with Gasteiger partial charge < -0.3 is 10.2 Å². The summed E-state index contributed by atoms with van der Waals surface area (Å²) >= 11 is 0. The van der Waals surface area contributed by atoms with Crippen molar-refractivity contribution in [2.75, 3.05) is 0 Å². The number of carboxylic acid groups (broad SMARTS) is 1. The third kappa shape index (κ3) is 3.35. The van der Waals surface area contributed by atoms with E-state index in [1.165, 1.54) is 0 Å². The fraction of sp³-hybridized carbons (Fsp3) is 0.462. The highest BCUT2D eigenvalue weighted by molar-refractivity contribution is 5.70. The molecule has 0 aliphatic rings. The molecule has 0 saturated heterocycles. The number of carboxylic acids is 1. The van der Waals surface area contributed by atoms with E-state index in [2.05, 4.69) is 0 Å². The van der Waals surface area contributed by atoms with Gasteiger partial charge in [0.05, 0.1) is 12.5 Å². The van der Waals surface area contributed by atoms with E-state index < -0.39 is 12.1 Å². The van der Waals surface area contributed by atoms with Crippen LogP contribution in [0.1, 0.15) is 38.0 Å². The Kier molecular flexibility index (Phi) is 3.70. The lowest BCUT2D eigenvalue weighted by atomic mass is 9.84. The summed E-state index contributed by atoms with van der Waals surface area (Å²) in [6.45, 7) is 5.88. The van der Waals surface area contributed by atoms with Crippen LogP contribution in [0.2, 0.25) is 0 Å². The quantitative estimate of drug-likeness (QED) is 0.825. The zero-order valence-corrected chi connectivity index (χ0v) is 9.90. The summed E-state index contributed by atoms with van der Waals surface area (Å²) in [7, 11) is 0. The van der Waals surface area contributed by atoms with Gasteiger partial charge in [-0.15, -0.1) is 0 Å². The van der Waals surface area contributed by atoms with E-state index in [9.17, 15) is 9.90 Å². The minimum atomic E-state index is -0.843. The standard InChI is InChI=1S/C13H18O3/c1-13(2,3)12(16)10-6-4-9(5-7-10)8-11(14)15/h4-7,12,16H,8H2,1-3H3,(H,14,15). The Morgan fingerprint density at radius 3 is 2.12 bits per heavy atom. The van der Waals surface area contributed by atoms with Crippen molar-refractivity contribution >= 4 is 5.97 Å². The van der Waals surface area contributed by atoms with Crippen LogP contribution in [0.4, 0.5) is 0 Å². The fourth-order valence-corrected chi connectivity index (χ4v) is 1.49. The largest absolute Gasteiger partial charge is 0.481 e. The minimum absolute atomic E-state index is 0.0197. The maximum atomic E-state index is 10.5. The molecule has 0 saturated carbocycles. The van der Waals surface area contributed by atoms with Crippen LogP contribution >= 0.6 is 0 Å². The third-order valence-corrected chi connectivity index (χ3v) is 2.47. The third-order valence-electron chi connectivity index (χ3n) is 2.47. The summed E-state index contributed by atoms with van der Waals surface area (Å²) in [6.07, 6.45) is -0.516. The normalized spacial score (nSPS) is 13.5. The first-order valence-corrected chi connectivity index (χ1v) is 5.29. The maximum Gasteiger partial charge on any atom is 0.307 e. The fourth-order valence-electron chi connectivity index (χ4n) is 1.49. The second-order valence-corrected chi connectivity index (χ2v) is 5.08. The summed E-state index contributed by atoms with van der Waals surface area (Å²) in [5.74, 6) is -0.843. The zero-order chi connectivity index (χ0) is 12.3. The molecule has 1 unspecified atom stereocenters. The molecule has 0 radical (unpaired) electrons. The molecule has 1 atom stereocenters. The molecule has 16 heavy (non-hydrogen) atoms. The van der Waals surface area contributed by atoms with Crippen LogP contribution in [-0.2, 0) is 11.2 Å². The number of aliphatic hydroxyl groups excluding tert-OH is 1. The van der Waals surface area contributed by atoms with Gasteiger partial charge in [-0.2, -0.15) is 0 Å². The van der Waals surface area contributed by atoms with Crippen LogP contribution in [0, 0.1) is 5.41 Å². The highest BCUT2D eigenvalue weighted by Crippen LogP contribution is 2.32. The Morgan fingerprint density at radius 1 is 1.25 bits per heavy atom. The Hall–Kier alpha value is -1.35. The van der Waals surface area contributed by atoms with Crippen LogP contribution in [0.15, 0.2) is 24.3 Å². The van der Waals surface area contributed by atoms with Gasteiger partial charge in [0.15, 0.2) is 0 Å². The Morgan fingerprint density at radius 2 is 1.75 bits per heavy atom. The van der Waals surface area contributed by atoms with Crippen molar-refractivity contribution in [3.63, 3.8) is 0 Å². The van der Waals surface area contributed by atoms with Gasteiger partial charge in [0, 0.05) is 0 Å². The molecule has 2 N–H and O–H groups in total. The van der Waals surface area contributed by atoms with Gasteiger partial charge in [-0.25, -0.2) is 0 Å². The van der Waals surface area contributed by atoms with Crippen molar-refractivity contribution in [3.05, 3.63) is 35.4 Å². The molecule has 0 fully saturated rings. The summed E-state index contributed by atoms with van der Waals surface area (Å²) in [6, 6.07) is 7.07. The van der Waals surface area contributed by atoms with Gasteiger partial charge in [0.25, 0.3) is 0 Å². The summed E-state index contributed by atoms with van der Waals surface area (Å²) in [5.41, 5.74) is 1.35. The molecular weight excluding hydrogens is 204 g/mol. The molecule has 3 nitrogen and oxygen atoms in total. The van der Waals surface area contributed by atoms with E-state index in [1.807, 2.05) is 20.8 Å². The second-order valence-electron chi connectivity index (χ2n) is 5.08. The highest BCUT2D eigenvalue weighted by atomic mass is 16.4. The molecule has 1 aromatic rings. The van der Waals surface area contributed by atoms with Gasteiger partial charge in [-0.1, -0.05) is 45.0 Å². The second kappa shape index (κ2) is 4.66. The number of benzene rings is 1. The van der Waals surface area contributed by atoms with E-state index in [0.29, 0.717) is 0 Å². The van der Waals surface area contributed by atoms with E-state index in [1.54, 1.807) is 24.3 Å². The highest BCUT2D eigenvalue weighted by Gasteiger charge is 2.23. The zero-order valence-electron chi connectivity index (χ0n) is 9.90. The van der Waals surface area contributed by atoms with Crippen LogP contribution in [0.5, 0.6) is 0 Å². The number of rotatable bonds is 3. The molecule has 0 aliphatic carbocycles. The average Bonchev–Trinajstić information content (AvgIpc) is 2.15. The molecule has 0 aromatic heterocycles. The summed E-state index contributed by atoms with van der Waals surface area (Å²) in [5, 5.41) is 18.6. The van der Waals surface area contributed by atoms with Crippen LogP contribution in [-0.4, -0.2) is 16.2 Å². The maximum absolute atomic E-state index is 10.5. The van der Waals surface area contributed by atoms with Crippen molar-refractivity contribution in [1.82, 2.24) is 0 Å². The van der Waals surface area contributed by atoms with Crippen LogP contribution < -0.4 is 0 Å². The van der Waals surface area contributed by atoms with Gasteiger partial charge in [-0.3, -0.25) is 4.79 Å². The average molecular weight is 222 g/mol. The number of hydrogen-bond acceptors (Lipinski definition) is 2. The van der Waals surface area contributed by atoms with Crippen molar-refractivity contribution in [1.29, 1.82) is 0 Å². The van der Waals surface area contributed by atoms with Crippen molar-refractivity contribution in [2.45, 2.75) is 33.3 Å². The van der Waals surface area contributed by atoms with E-state index in [4.69, 9.17) is 5.11 Å². The number of carbonyl (C=O) groups is 1. The molecule has 1 rings (SSSR count). The van der Waals surface area contributed by atoms with Crippen molar-refractivity contribution in [3.8, 4) is 0 Å². The Balaban J connectivity index is 2.83. The van der Waals surface area contributed by atoms with Gasteiger partial charge in [0.2, 0.25) is 0 Å². The summed E-state index contributed by atoms with van der Waals surface area (Å²) < 4.78 is 0. The molecular formula is C13H18O3. The SMILES string of the molecule is CC(C)(C)C(O)c1ccc(CC(=O)O)cc1. The van der Waals surface area contributed by atoms with Gasteiger partial charge in [-0.05, 0) is 16.5 Å². The smallest absolute Gasteiger partial charge is 0.307 e. The van der Waals surface area contributed by atoms with Crippen LogP contribution in [0.3, 0.4) is 0 Å². The molecule has 0 amide bonds. The molecule has 3 heteroatoms. The molecule has 0 aliphatic heterocycles. The lowest BCUT2D eigenvalue weighted by Gasteiger charge is -2.26. The minimum Gasteiger partial charge on any atom is -0.481 e. The van der Waals surface area contributed by atoms with Gasteiger partial charge in [0.1, 0.15) is 0 Å². The molecule has 88 valence electrons. The van der Waals surface area contributed by atoms with Gasteiger partial charge >= 0.3 is 5.97 Å². The first kappa shape index (κ1) is 12.7. The Labute approximate surface area is 95.7 Å². The molecule has 0 heterocycles. The predicted octanol–water partition coefficient (Wildman–Crippen LogP) is 2.39.